The molecule has 0 heterocycles. The molecule has 0 aliphatic rings. The molecule has 0 aliphatic carbocycles. The van der Waals surface area contributed by atoms with E-state index in [1.807, 2.05) is 12.1 Å². The molecule has 1 aromatic carbocycles. The van der Waals surface area contributed by atoms with E-state index in [1.165, 1.54) is 5.56 Å². The predicted molar refractivity (Wildman–Crippen MR) is 103 cm³/mol. The van der Waals surface area contributed by atoms with E-state index in [0.29, 0.717) is 13.2 Å². The Balaban J connectivity index is 2.20. The number of guanidine groups is 1. The van der Waals surface area contributed by atoms with Crippen molar-refractivity contribution in [2.45, 2.75) is 26.2 Å². The smallest absolute Gasteiger partial charge is 0.191 e. The van der Waals surface area contributed by atoms with E-state index < -0.39 is 0 Å². The summed E-state index contributed by atoms with van der Waals surface area (Å²) in [4.78, 5) is 4.62. The third kappa shape index (κ3) is 10.6. The second-order valence-electron chi connectivity index (χ2n) is 5.60. The number of benzene rings is 1. The molecule has 142 valence electrons. The van der Waals surface area contributed by atoms with Crippen molar-refractivity contribution in [3.8, 4) is 5.75 Å². The highest BCUT2D eigenvalue weighted by molar-refractivity contribution is 5.79. The number of ether oxygens (including phenoxy) is 3. The van der Waals surface area contributed by atoms with Crippen molar-refractivity contribution in [1.29, 1.82) is 0 Å². The molecule has 0 aromatic heterocycles. The Hall–Kier alpha value is -1.79. The number of aliphatic imine (C=N–C) groups is 1. The molecule has 0 amide bonds. The lowest BCUT2D eigenvalue weighted by atomic mass is 10.1. The fraction of sp³-hybridized carbons (Fsp3) is 0.632. The Morgan fingerprint density at radius 2 is 1.80 bits per heavy atom. The fourth-order valence-corrected chi connectivity index (χ4v) is 2.23. The maximum Gasteiger partial charge on any atom is 0.191 e. The quantitative estimate of drug-likeness (QED) is 0.324. The van der Waals surface area contributed by atoms with Crippen molar-refractivity contribution in [2.75, 3.05) is 53.7 Å². The minimum Gasteiger partial charge on any atom is -0.497 e. The molecule has 6 heteroatoms. The van der Waals surface area contributed by atoms with E-state index in [2.05, 4.69) is 34.7 Å². The molecule has 0 bridgehead atoms. The van der Waals surface area contributed by atoms with Crippen LogP contribution in [0.25, 0.3) is 0 Å². The molecule has 2 N–H and O–H groups in total. The second kappa shape index (κ2) is 14.5. The van der Waals surface area contributed by atoms with Gasteiger partial charge in [0.05, 0.1) is 20.3 Å². The summed E-state index contributed by atoms with van der Waals surface area (Å²) in [5.74, 6) is 1.76. The van der Waals surface area contributed by atoms with E-state index in [1.54, 1.807) is 14.2 Å². The van der Waals surface area contributed by atoms with Crippen LogP contribution in [0.4, 0.5) is 0 Å². The van der Waals surface area contributed by atoms with Crippen LogP contribution in [0.1, 0.15) is 25.3 Å². The average Bonchev–Trinajstić information content (AvgIpc) is 2.64. The van der Waals surface area contributed by atoms with Gasteiger partial charge in [0.2, 0.25) is 0 Å². The first kappa shape index (κ1) is 21.3. The number of hydrogen-bond donors (Lipinski definition) is 2. The number of nitrogens with one attached hydrogen (secondary N) is 2. The zero-order valence-corrected chi connectivity index (χ0v) is 15.8. The summed E-state index contributed by atoms with van der Waals surface area (Å²) in [5, 5.41) is 6.61. The topological polar surface area (TPSA) is 64.1 Å². The first-order chi connectivity index (χ1) is 12.3. The van der Waals surface area contributed by atoms with Crippen LogP contribution in [-0.2, 0) is 15.9 Å². The molecule has 6 nitrogen and oxygen atoms in total. The number of hydrogen-bond acceptors (Lipinski definition) is 4. The van der Waals surface area contributed by atoms with E-state index >= 15 is 0 Å². The third-order valence-electron chi connectivity index (χ3n) is 3.59. The summed E-state index contributed by atoms with van der Waals surface area (Å²) in [6.45, 7) is 6.59. The van der Waals surface area contributed by atoms with Crippen molar-refractivity contribution < 1.29 is 14.2 Å². The Morgan fingerprint density at radius 1 is 1.00 bits per heavy atom. The summed E-state index contributed by atoms with van der Waals surface area (Å²) in [7, 11) is 3.36. The first-order valence-corrected chi connectivity index (χ1v) is 9.02. The van der Waals surface area contributed by atoms with Crippen LogP contribution < -0.4 is 15.4 Å². The highest BCUT2D eigenvalue weighted by Crippen LogP contribution is 2.12. The number of rotatable bonds is 13. The average molecular weight is 351 g/mol. The Kier molecular flexibility index (Phi) is 12.4. The van der Waals surface area contributed by atoms with Gasteiger partial charge in [-0.3, -0.25) is 4.99 Å². The lowest BCUT2D eigenvalue weighted by Crippen LogP contribution is -2.38. The van der Waals surface area contributed by atoms with Gasteiger partial charge < -0.3 is 24.8 Å². The molecule has 0 aliphatic heterocycles. The molecule has 25 heavy (non-hydrogen) atoms. The van der Waals surface area contributed by atoms with Crippen LogP contribution in [0.5, 0.6) is 5.75 Å². The van der Waals surface area contributed by atoms with Crippen LogP contribution in [-0.4, -0.2) is 59.6 Å². The van der Waals surface area contributed by atoms with Gasteiger partial charge >= 0.3 is 0 Å². The minimum absolute atomic E-state index is 0.645. The first-order valence-electron chi connectivity index (χ1n) is 9.02. The van der Waals surface area contributed by atoms with Gasteiger partial charge in [0.25, 0.3) is 0 Å². The molecule has 1 aromatic rings. The Labute approximate surface area is 152 Å². The zero-order chi connectivity index (χ0) is 18.2. The molecule has 0 atom stereocenters. The molecule has 0 saturated heterocycles. The van der Waals surface area contributed by atoms with Gasteiger partial charge in [0.15, 0.2) is 5.96 Å². The second-order valence-corrected chi connectivity index (χ2v) is 5.60. The summed E-state index contributed by atoms with van der Waals surface area (Å²) in [6, 6.07) is 8.21. The predicted octanol–water partition coefficient (Wildman–Crippen LogP) is 2.24. The highest BCUT2D eigenvalue weighted by atomic mass is 16.5. The van der Waals surface area contributed by atoms with Crippen molar-refractivity contribution in [2.24, 2.45) is 4.99 Å². The Morgan fingerprint density at radius 3 is 2.48 bits per heavy atom. The van der Waals surface area contributed by atoms with Crippen LogP contribution in [0, 0.1) is 0 Å². The molecular formula is C19H33N3O3. The molecule has 0 unspecified atom stereocenters. The van der Waals surface area contributed by atoms with Gasteiger partial charge in [0, 0.05) is 33.4 Å². The van der Waals surface area contributed by atoms with Crippen LogP contribution in [0.2, 0.25) is 0 Å². The monoisotopic (exact) mass is 351 g/mol. The normalized spacial score (nSPS) is 11.4. The standard InChI is InChI=1S/C19H33N3O3/c1-4-20-19(22-13-6-14-25-16-15-23-2)21-12-5-7-17-8-10-18(24-3)11-9-17/h8-11H,4-7,12-16H2,1-3H3,(H2,20,21,22). The number of aryl methyl sites for hydroxylation is 1. The van der Waals surface area contributed by atoms with Gasteiger partial charge in [-0.2, -0.15) is 0 Å². The van der Waals surface area contributed by atoms with Crippen molar-refractivity contribution >= 4 is 5.96 Å². The zero-order valence-electron chi connectivity index (χ0n) is 15.8. The maximum atomic E-state index is 5.45. The highest BCUT2D eigenvalue weighted by Gasteiger charge is 1.98. The summed E-state index contributed by atoms with van der Waals surface area (Å²) in [6.07, 6.45) is 2.98. The summed E-state index contributed by atoms with van der Waals surface area (Å²) >= 11 is 0. The molecule has 0 radical (unpaired) electrons. The summed E-state index contributed by atoms with van der Waals surface area (Å²) < 4.78 is 15.6. The van der Waals surface area contributed by atoms with Crippen molar-refractivity contribution in [3.63, 3.8) is 0 Å². The molecule has 0 saturated carbocycles. The SMILES string of the molecule is CCNC(=NCCCc1ccc(OC)cc1)NCCCOCCOC. The van der Waals surface area contributed by atoms with Crippen LogP contribution >= 0.6 is 0 Å². The van der Waals surface area contributed by atoms with E-state index in [-0.39, 0.29) is 0 Å². The van der Waals surface area contributed by atoms with Gasteiger partial charge in [-0.25, -0.2) is 0 Å². The molecule has 0 fully saturated rings. The third-order valence-corrected chi connectivity index (χ3v) is 3.59. The minimum atomic E-state index is 0.645. The maximum absolute atomic E-state index is 5.45. The number of nitrogens with zero attached hydrogens (tertiary/aromatic N) is 1. The van der Waals surface area contributed by atoms with Gasteiger partial charge in [0.1, 0.15) is 5.75 Å². The van der Waals surface area contributed by atoms with E-state index in [4.69, 9.17) is 14.2 Å². The van der Waals surface area contributed by atoms with Crippen LogP contribution in [0.3, 0.4) is 0 Å². The number of methoxy groups -OCH3 is 2. The van der Waals surface area contributed by atoms with Gasteiger partial charge in [-0.05, 0) is 43.9 Å². The van der Waals surface area contributed by atoms with Gasteiger partial charge in [-0.15, -0.1) is 0 Å². The fourth-order valence-electron chi connectivity index (χ4n) is 2.23. The van der Waals surface area contributed by atoms with Gasteiger partial charge in [-0.1, -0.05) is 12.1 Å². The van der Waals surface area contributed by atoms with Crippen molar-refractivity contribution in [1.82, 2.24) is 10.6 Å². The molecule has 1 rings (SSSR count). The largest absolute Gasteiger partial charge is 0.497 e. The van der Waals surface area contributed by atoms with Crippen LogP contribution in [0.15, 0.2) is 29.3 Å². The lowest BCUT2D eigenvalue weighted by Gasteiger charge is -2.11. The molecular weight excluding hydrogens is 318 g/mol. The van der Waals surface area contributed by atoms with Crippen molar-refractivity contribution in [3.05, 3.63) is 29.8 Å². The van der Waals surface area contributed by atoms with E-state index in [0.717, 1.165) is 57.2 Å². The molecule has 0 spiro atoms. The lowest BCUT2D eigenvalue weighted by molar-refractivity contribution is 0.0698. The van der Waals surface area contributed by atoms with E-state index in [9.17, 15) is 0 Å². The Bertz CT molecular complexity index is 463. The summed E-state index contributed by atoms with van der Waals surface area (Å²) in [5.41, 5.74) is 1.31.